The van der Waals surface area contributed by atoms with Crippen LogP contribution < -0.4 is 5.32 Å². The van der Waals surface area contributed by atoms with E-state index < -0.39 is 6.04 Å². The molecule has 1 amide bonds. The predicted molar refractivity (Wildman–Crippen MR) is 128 cm³/mol. The molecule has 1 aromatic heterocycles. The van der Waals surface area contributed by atoms with Crippen molar-refractivity contribution in [1.82, 2.24) is 20.4 Å². The molecule has 0 radical (unpaired) electrons. The zero-order chi connectivity index (χ0) is 22.1. The van der Waals surface area contributed by atoms with Crippen LogP contribution in [0.2, 0.25) is 0 Å². The molecule has 0 bridgehead atoms. The minimum atomic E-state index is -0.577. The molecule has 176 valence electrons. The van der Waals surface area contributed by atoms with Crippen LogP contribution in [0.5, 0.6) is 0 Å². The van der Waals surface area contributed by atoms with Gasteiger partial charge in [0.2, 0.25) is 12.2 Å². The normalized spacial score (nSPS) is 15.2. The van der Waals surface area contributed by atoms with Crippen LogP contribution in [-0.4, -0.2) is 51.7 Å². The molecule has 3 rings (SSSR count). The van der Waals surface area contributed by atoms with Crippen molar-refractivity contribution in [2.24, 2.45) is 5.92 Å². The Labute approximate surface area is 200 Å². The molecule has 9 heteroatoms. The van der Waals surface area contributed by atoms with Crippen LogP contribution in [0.3, 0.4) is 0 Å². The molecule has 2 aromatic rings. The number of amides is 1. The van der Waals surface area contributed by atoms with Crippen LogP contribution in [0.4, 0.5) is 0 Å². The number of rotatable bonds is 12. The second kappa shape index (κ2) is 13.6. The first-order valence-corrected chi connectivity index (χ1v) is 12.1. The second-order valence-electron chi connectivity index (χ2n) is 8.28. The van der Waals surface area contributed by atoms with Gasteiger partial charge in [-0.2, -0.15) is 0 Å². The molecule has 0 aliphatic heterocycles. The fourth-order valence-corrected chi connectivity index (χ4v) is 4.73. The fraction of sp³-hybridized carbons (Fsp3) is 0.565. The predicted octanol–water partition coefficient (Wildman–Crippen LogP) is 4.37. The number of nitrogens with zero attached hydrogens (tertiary/aromatic N) is 3. The van der Waals surface area contributed by atoms with Gasteiger partial charge in [0.05, 0.1) is 0 Å². The number of hydrogen-bond acceptors (Lipinski definition) is 7. The van der Waals surface area contributed by atoms with Gasteiger partial charge in [-0.25, -0.2) is 0 Å². The van der Waals surface area contributed by atoms with E-state index in [2.05, 4.69) is 27.6 Å². The minimum Gasteiger partial charge on any atom is -0.408 e. The molecule has 1 aromatic carbocycles. The third kappa shape index (κ3) is 7.32. The van der Waals surface area contributed by atoms with E-state index in [0.717, 1.165) is 50.9 Å². The number of halogens is 1. The quantitative estimate of drug-likeness (QED) is 0.209. The van der Waals surface area contributed by atoms with Crippen molar-refractivity contribution in [3.63, 3.8) is 0 Å². The highest BCUT2D eigenvalue weighted by Crippen LogP contribution is 2.27. The summed E-state index contributed by atoms with van der Waals surface area (Å²) in [6.07, 6.45) is 6.07. The number of ketones is 1. The van der Waals surface area contributed by atoms with E-state index in [9.17, 15) is 9.59 Å². The molecular formula is C23H33ClN4O3S. The zero-order valence-corrected chi connectivity index (χ0v) is 20.4. The fourth-order valence-electron chi connectivity index (χ4n) is 4.07. The molecule has 1 fully saturated rings. The molecule has 7 nitrogen and oxygen atoms in total. The lowest BCUT2D eigenvalue weighted by Crippen LogP contribution is -2.50. The molecule has 1 saturated carbocycles. The maximum atomic E-state index is 13.2. The van der Waals surface area contributed by atoms with Crippen LogP contribution >= 0.6 is 24.2 Å². The molecular weight excluding hydrogens is 448 g/mol. The number of hydrogen-bond donors (Lipinski definition) is 1. The lowest BCUT2D eigenvalue weighted by atomic mass is 9.90. The van der Waals surface area contributed by atoms with Crippen molar-refractivity contribution >= 4 is 36.4 Å². The number of carbonyl (C=O) groups is 2. The van der Waals surface area contributed by atoms with E-state index in [1.807, 2.05) is 32.0 Å². The summed E-state index contributed by atoms with van der Waals surface area (Å²) in [6, 6.07) is 9.73. The standard InChI is InChI=1S/C23H32N4O3S.ClH/c1-17(2)20(27(16-28)19-11-7-4-8-12-19)21(29)22-25-26-23(30-22)31-14-13-24-15-18-9-5-3-6-10-18;/h3,5-6,9-10,16-17,19-20,24H,4,7-8,11-15H2,1-2H3;1H/t20-;/m0./s1. The minimum absolute atomic E-state index is 0. The topological polar surface area (TPSA) is 88.3 Å². The Morgan fingerprint density at radius 1 is 1.22 bits per heavy atom. The summed E-state index contributed by atoms with van der Waals surface area (Å²) in [7, 11) is 0. The average molecular weight is 481 g/mol. The Morgan fingerprint density at radius 2 is 1.94 bits per heavy atom. The van der Waals surface area contributed by atoms with E-state index in [1.54, 1.807) is 4.90 Å². The third-order valence-corrected chi connectivity index (χ3v) is 6.45. The monoisotopic (exact) mass is 480 g/mol. The highest BCUT2D eigenvalue weighted by Gasteiger charge is 2.36. The number of carbonyl (C=O) groups excluding carboxylic acids is 2. The van der Waals surface area contributed by atoms with Crippen molar-refractivity contribution in [2.75, 3.05) is 12.3 Å². The smallest absolute Gasteiger partial charge is 0.286 e. The summed E-state index contributed by atoms with van der Waals surface area (Å²) in [5.41, 5.74) is 1.23. The van der Waals surface area contributed by atoms with Gasteiger partial charge in [-0.3, -0.25) is 9.59 Å². The van der Waals surface area contributed by atoms with Crippen molar-refractivity contribution in [2.45, 2.75) is 69.8 Å². The van der Waals surface area contributed by atoms with E-state index in [-0.39, 0.29) is 36.0 Å². The Balaban J connectivity index is 0.00000363. The van der Waals surface area contributed by atoms with Gasteiger partial charge in [0, 0.05) is 24.9 Å². The number of nitrogens with one attached hydrogen (secondary N) is 1. The summed E-state index contributed by atoms with van der Waals surface area (Å²) in [4.78, 5) is 26.7. The number of benzene rings is 1. The maximum Gasteiger partial charge on any atom is 0.286 e. The highest BCUT2D eigenvalue weighted by molar-refractivity contribution is 7.99. The maximum absolute atomic E-state index is 13.2. The van der Waals surface area contributed by atoms with Crippen LogP contribution in [0.15, 0.2) is 40.0 Å². The van der Waals surface area contributed by atoms with Crippen LogP contribution in [0, 0.1) is 5.92 Å². The highest BCUT2D eigenvalue weighted by atomic mass is 35.5. The van der Waals surface area contributed by atoms with Crippen molar-refractivity contribution in [1.29, 1.82) is 0 Å². The van der Waals surface area contributed by atoms with Crippen molar-refractivity contribution in [3.05, 3.63) is 41.8 Å². The average Bonchev–Trinajstić information content (AvgIpc) is 3.27. The summed E-state index contributed by atoms with van der Waals surface area (Å²) >= 11 is 1.42. The van der Waals surface area contributed by atoms with Gasteiger partial charge in [-0.15, -0.1) is 22.6 Å². The number of aromatic nitrogens is 2. The molecule has 0 spiro atoms. The zero-order valence-electron chi connectivity index (χ0n) is 18.7. The van der Waals surface area contributed by atoms with Crippen LogP contribution in [0.25, 0.3) is 0 Å². The Morgan fingerprint density at radius 3 is 2.59 bits per heavy atom. The van der Waals surface area contributed by atoms with Crippen LogP contribution in [0.1, 0.15) is 62.2 Å². The van der Waals surface area contributed by atoms with Crippen molar-refractivity contribution < 1.29 is 14.0 Å². The van der Waals surface area contributed by atoms with E-state index in [1.165, 1.54) is 23.7 Å². The molecule has 32 heavy (non-hydrogen) atoms. The van der Waals surface area contributed by atoms with E-state index in [4.69, 9.17) is 4.42 Å². The van der Waals surface area contributed by atoms with Gasteiger partial charge in [-0.1, -0.05) is 75.2 Å². The van der Waals surface area contributed by atoms with Gasteiger partial charge in [0.1, 0.15) is 6.04 Å². The van der Waals surface area contributed by atoms with E-state index >= 15 is 0 Å². The number of Topliss-reactive ketones (excluding diaryl/α,β-unsaturated/α-hetero) is 1. The first-order chi connectivity index (χ1) is 15.1. The van der Waals surface area contributed by atoms with Gasteiger partial charge in [0.15, 0.2) is 0 Å². The Kier molecular flexibility index (Phi) is 11.2. The molecule has 1 aliphatic rings. The summed E-state index contributed by atoms with van der Waals surface area (Å²) in [5, 5.41) is 11.7. The van der Waals surface area contributed by atoms with Gasteiger partial charge in [-0.05, 0) is 24.3 Å². The molecule has 0 unspecified atom stereocenters. The van der Waals surface area contributed by atoms with E-state index in [0.29, 0.717) is 5.22 Å². The molecule has 0 saturated heterocycles. The van der Waals surface area contributed by atoms with Crippen molar-refractivity contribution in [3.8, 4) is 0 Å². The Hall–Kier alpha value is -1.90. The second-order valence-corrected chi connectivity index (χ2v) is 9.33. The lowest BCUT2D eigenvalue weighted by molar-refractivity contribution is -0.123. The first kappa shape index (κ1) is 26.4. The number of thioether (sulfide) groups is 1. The summed E-state index contributed by atoms with van der Waals surface area (Å²) in [6.45, 7) is 5.48. The van der Waals surface area contributed by atoms with Gasteiger partial charge in [0.25, 0.3) is 11.1 Å². The SMILES string of the molecule is CC(C)[C@@H](C(=O)c1nnc(SCCNCc2ccccc2)o1)N(C=O)C1CCCCC1.Cl. The first-order valence-electron chi connectivity index (χ1n) is 11.1. The summed E-state index contributed by atoms with van der Waals surface area (Å²) < 4.78 is 5.64. The molecule has 1 aliphatic carbocycles. The van der Waals surface area contributed by atoms with Gasteiger partial charge >= 0.3 is 0 Å². The molecule has 1 heterocycles. The summed E-state index contributed by atoms with van der Waals surface area (Å²) in [5.74, 6) is 0.430. The van der Waals surface area contributed by atoms with Crippen LogP contribution in [-0.2, 0) is 11.3 Å². The molecule has 1 N–H and O–H groups in total. The molecule has 1 atom stereocenters. The third-order valence-electron chi connectivity index (χ3n) is 5.63. The lowest BCUT2D eigenvalue weighted by Gasteiger charge is -2.37. The Bertz CT molecular complexity index is 828. The van der Waals surface area contributed by atoms with Gasteiger partial charge < -0.3 is 14.6 Å². The largest absolute Gasteiger partial charge is 0.408 e.